The molecule has 7 nitrogen and oxygen atoms in total. The zero-order valence-electron chi connectivity index (χ0n) is 18.9. The number of nitrogens with zero attached hydrogens (tertiary/aromatic N) is 1. The van der Waals surface area contributed by atoms with Crippen LogP contribution in [0.2, 0.25) is 5.02 Å². The van der Waals surface area contributed by atoms with Gasteiger partial charge in [-0.2, -0.15) is 0 Å². The van der Waals surface area contributed by atoms with Crippen LogP contribution < -0.4 is 25.4 Å². The highest BCUT2D eigenvalue weighted by molar-refractivity contribution is 6.32. The van der Waals surface area contributed by atoms with Gasteiger partial charge in [0.25, 0.3) is 5.91 Å². The first-order valence-corrected chi connectivity index (χ1v) is 11.5. The minimum atomic E-state index is -0.258. The largest absolute Gasteiger partial charge is 0.490 e. The monoisotopic (exact) mass is 460 g/mol. The number of carbonyl (C=O) groups is 1. The molecule has 0 bridgehead atoms. The SMILES string of the molecule is CCOc1cc(CNCCN2CCNCC2)cc(Cl)c1OCC(=O)Nc1ccc(C)cc1. The predicted molar refractivity (Wildman–Crippen MR) is 129 cm³/mol. The fourth-order valence-corrected chi connectivity index (χ4v) is 3.79. The molecule has 1 amide bonds. The Hall–Kier alpha value is -2.32. The fourth-order valence-electron chi connectivity index (χ4n) is 3.50. The second kappa shape index (κ2) is 12.6. The number of aryl methyl sites for hydroxylation is 1. The molecule has 3 N–H and O–H groups in total. The smallest absolute Gasteiger partial charge is 0.262 e. The highest BCUT2D eigenvalue weighted by atomic mass is 35.5. The normalized spacial score (nSPS) is 14.2. The number of carbonyl (C=O) groups excluding carboxylic acids is 1. The van der Waals surface area contributed by atoms with Gasteiger partial charge in [0.1, 0.15) is 0 Å². The lowest BCUT2D eigenvalue weighted by Gasteiger charge is -2.27. The maximum Gasteiger partial charge on any atom is 0.262 e. The van der Waals surface area contributed by atoms with Gasteiger partial charge in [-0.05, 0) is 43.7 Å². The Bertz CT molecular complexity index is 870. The van der Waals surface area contributed by atoms with Crippen LogP contribution in [0.3, 0.4) is 0 Å². The Morgan fingerprint density at radius 1 is 1.16 bits per heavy atom. The van der Waals surface area contributed by atoms with Crippen molar-refractivity contribution < 1.29 is 14.3 Å². The highest BCUT2D eigenvalue weighted by Crippen LogP contribution is 2.36. The minimum Gasteiger partial charge on any atom is -0.490 e. The number of hydrogen-bond donors (Lipinski definition) is 3. The predicted octanol–water partition coefficient (Wildman–Crippen LogP) is 3.06. The summed E-state index contributed by atoms with van der Waals surface area (Å²) in [5.41, 5.74) is 2.86. The number of halogens is 1. The number of benzene rings is 2. The second-order valence-electron chi connectivity index (χ2n) is 7.81. The van der Waals surface area contributed by atoms with Gasteiger partial charge in [-0.3, -0.25) is 9.69 Å². The average molecular weight is 461 g/mol. The van der Waals surface area contributed by atoms with E-state index in [1.165, 1.54) is 0 Å². The number of ether oxygens (including phenoxy) is 2. The summed E-state index contributed by atoms with van der Waals surface area (Å²) in [7, 11) is 0. The zero-order valence-corrected chi connectivity index (χ0v) is 19.6. The van der Waals surface area contributed by atoms with Crippen molar-refractivity contribution in [1.82, 2.24) is 15.5 Å². The van der Waals surface area contributed by atoms with Crippen LogP contribution in [0.1, 0.15) is 18.1 Å². The first-order chi connectivity index (χ1) is 15.5. The van der Waals surface area contributed by atoms with E-state index in [1.54, 1.807) is 0 Å². The molecule has 1 aliphatic rings. The summed E-state index contributed by atoms with van der Waals surface area (Å²) in [5.74, 6) is 0.671. The maximum absolute atomic E-state index is 12.3. The number of anilines is 1. The van der Waals surface area contributed by atoms with Gasteiger partial charge >= 0.3 is 0 Å². The summed E-state index contributed by atoms with van der Waals surface area (Å²) in [6, 6.07) is 11.4. The number of hydrogen-bond acceptors (Lipinski definition) is 6. The quantitative estimate of drug-likeness (QED) is 0.447. The van der Waals surface area contributed by atoms with E-state index in [9.17, 15) is 4.79 Å². The molecule has 8 heteroatoms. The van der Waals surface area contributed by atoms with Crippen molar-refractivity contribution >= 4 is 23.2 Å². The topological polar surface area (TPSA) is 74.9 Å². The van der Waals surface area contributed by atoms with Gasteiger partial charge in [0.2, 0.25) is 0 Å². The molecule has 0 aliphatic carbocycles. The molecule has 3 rings (SSSR count). The minimum absolute atomic E-state index is 0.157. The highest BCUT2D eigenvalue weighted by Gasteiger charge is 2.15. The van der Waals surface area contributed by atoms with E-state index >= 15 is 0 Å². The Kier molecular flexibility index (Phi) is 9.62. The van der Waals surface area contributed by atoms with Gasteiger partial charge in [-0.15, -0.1) is 0 Å². The van der Waals surface area contributed by atoms with Crippen LogP contribution in [0.4, 0.5) is 5.69 Å². The molecule has 0 radical (unpaired) electrons. The lowest BCUT2D eigenvalue weighted by Crippen LogP contribution is -2.45. The standard InChI is InChI=1S/C24H33ClN4O3/c1-3-31-22-15-19(16-27-10-13-29-11-8-26-9-12-29)14-21(25)24(22)32-17-23(30)28-20-6-4-18(2)5-7-20/h4-7,14-15,26-27H,3,8-13,16-17H2,1-2H3,(H,28,30). The van der Waals surface area contributed by atoms with Crippen LogP contribution in [-0.2, 0) is 11.3 Å². The summed E-state index contributed by atoms with van der Waals surface area (Å²) in [5, 5.41) is 10.1. The Morgan fingerprint density at radius 3 is 2.62 bits per heavy atom. The number of amides is 1. The molecule has 1 saturated heterocycles. The van der Waals surface area contributed by atoms with E-state index in [2.05, 4.69) is 20.9 Å². The van der Waals surface area contributed by atoms with Crippen LogP contribution in [0, 0.1) is 6.92 Å². The van der Waals surface area contributed by atoms with Crippen LogP contribution in [0.25, 0.3) is 0 Å². The molecule has 0 saturated carbocycles. The molecule has 1 aliphatic heterocycles. The summed E-state index contributed by atoms with van der Waals surface area (Å²) in [6.45, 7) is 11.1. The molecule has 174 valence electrons. The second-order valence-corrected chi connectivity index (χ2v) is 8.22. The van der Waals surface area contributed by atoms with Crippen molar-refractivity contribution in [1.29, 1.82) is 0 Å². The van der Waals surface area contributed by atoms with Crippen LogP contribution >= 0.6 is 11.6 Å². The van der Waals surface area contributed by atoms with Crippen molar-refractivity contribution in [3.63, 3.8) is 0 Å². The van der Waals surface area contributed by atoms with E-state index in [1.807, 2.05) is 50.2 Å². The molecule has 0 unspecified atom stereocenters. The zero-order chi connectivity index (χ0) is 22.8. The average Bonchev–Trinajstić information content (AvgIpc) is 2.79. The summed E-state index contributed by atoms with van der Waals surface area (Å²) in [6.07, 6.45) is 0. The van der Waals surface area contributed by atoms with Crippen molar-refractivity contribution in [2.75, 3.05) is 57.8 Å². The van der Waals surface area contributed by atoms with Crippen LogP contribution in [0.5, 0.6) is 11.5 Å². The van der Waals surface area contributed by atoms with E-state index in [4.69, 9.17) is 21.1 Å². The van der Waals surface area contributed by atoms with Crippen molar-refractivity contribution in [2.45, 2.75) is 20.4 Å². The lowest BCUT2D eigenvalue weighted by atomic mass is 10.2. The number of piperazine rings is 1. The molecular weight excluding hydrogens is 428 g/mol. The Morgan fingerprint density at radius 2 is 1.91 bits per heavy atom. The summed E-state index contributed by atoms with van der Waals surface area (Å²) < 4.78 is 11.5. The van der Waals surface area contributed by atoms with Gasteiger partial charge in [0.05, 0.1) is 11.6 Å². The summed E-state index contributed by atoms with van der Waals surface area (Å²) >= 11 is 6.49. The first-order valence-electron chi connectivity index (χ1n) is 11.1. The van der Waals surface area contributed by atoms with Gasteiger partial charge in [-0.25, -0.2) is 0 Å². The molecule has 1 heterocycles. The molecule has 2 aromatic rings. The van der Waals surface area contributed by atoms with Crippen molar-refractivity contribution in [3.05, 3.63) is 52.5 Å². The van der Waals surface area contributed by atoms with Crippen LogP contribution in [-0.4, -0.2) is 63.3 Å². The third kappa shape index (κ3) is 7.67. The molecule has 0 atom stereocenters. The third-order valence-corrected chi connectivity index (χ3v) is 5.48. The fraction of sp³-hybridized carbons (Fsp3) is 0.458. The molecule has 2 aromatic carbocycles. The van der Waals surface area contributed by atoms with E-state index < -0.39 is 0 Å². The van der Waals surface area contributed by atoms with E-state index in [0.717, 1.165) is 56.1 Å². The Labute approximate surface area is 195 Å². The molecular formula is C24H33ClN4O3. The molecule has 32 heavy (non-hydrogen) atoms. The van der Waals surface area contributed by atoms with Crippen LogP contribution in [0.15, 0.2) is 36.4 Å². The first kappa shape index (κ1) is 24.3. The third-order valence-electron chi connectivity index (χ3n) is 5.20. The van der Waals surface area contributed by atoms with Gasteiger partial charge in [0, 0.05) is 51.5 Å². The van der Waals surface area contributed by atoms with Crippen molar-refractivity contribution in [3.8, 4) is 11.5 Å². The van der Waals surface area contributed by atoms with E-state index in [-0.39, 0.29) is 12.5 Å². The Balaban J connectivity index is 1.53. The van der Waals surface area contributed by atoms with Crippen molar-refractivity contribution in [2.24, 2.45) is 0 Å². The lowest BCUT2D eigenvalue weighted by molar-refractivity contribution is -0.118. The molecule has 0 spiro atoms. The molecule has 1 fully saturated rings. The number of nitrogens with one attached hydrogen (secondary N) is 3. The van der Waals surface area contributed by atoms with Gasteiger partial charge in [-0.1, -0.05) is 29.3 Å². The van der Waals surface area contributed by atoms with E-state index in [0.29, 0.717) is 29.7 Å². The molecule has 0 aromatic heterocycles. The van der Waals surface area contributed by atoms with Gasteiger partial charge in [0.15, 0.2) is 18.1 Å². The maximum atomic E-state index is 12.3. The summed E-state index contributed by atoms with van der Waals surface area (Å²) in [4.78, 5) is 14.7. The van der Waals surface area contributed by atoms with Gasteiger partial charge < -0.3 is 25.4 Å². The number of rotatable bonds is 11.